The number of rotatable bonds is 3. The molecule has 0 saturated carbocycles. The zero-order valence-corrected chi connectivity index (χ0v) is 14.1. The summed E-state index contributed by atoms with van der Waals surface area (Å²) in [6, 6.07) is 9.72. The predicted octanol–water partition coefficient (Wildman–Crippen LogP) is 3.98. The monoisotopic (exact) mass is 294 g/mol. The highest BCUT2D eigenvalue weighted by atomic mass is 32.2. The second-order valence-corrected chi connectivity index (χ2v) is 9.34. The molecule has 0 saturated heterocycles. The third-order valence-corrected chi connectivity index (χ3v) is 4.85. The molecule has 0 fully saturated rings. The Kier molecular flexibility index (Phi) is 5.33. The molecule has 0 aliphatic heterocycles. The van der Waals surface area contributed by atoms with Gasteiger partial charge in [0, 0.05) is 9.65 Å². The minimum atomic E-state index is -1.24. The van der Waals surface area contributed by atoms with Gasteiger partial charge in [-0.15, -0.1) is 0 Å². The highest BCUT2D eigenvalue weighted by Crippen LogP contribution is 2.32. The topological polar surface area (TPSA) is 37.3 Å². The third kappa shape index (κ3) is 4.57. The molecule has 1 unspecified atom stereocenters. The minimum absolute atomic E-state index is 0.346. The Hall–Kier alpha value is -0.930. The second kappa shape index (κ2) is 6.23. The summed E-state index contributed by atoms with van der Waals surface area (Å²) in [4.78, 5) is 0.594. The van der Waals surface area contributed by atoms with Crippen molar-refractivity contribution in [3.8, 4) is 0 Å². The lowest BCUT2D eigenvalue weighted by atomic mass is 9.88. The molecule has 1 rings (SSSR count). The van der Waals surface area contributed by atoms with Crippen LogP contribution < -0.4 is 0 Å². The molecule has 1 aromatic carbocycles. The van der Waals surface area contributed by atoms with Crippen LogP contribution in [-0.4, -0.2) is 20.2 Å². The fourth-order valence-electron chi connectivity index (χ4n) is 1.73. The van der Waals surface area contributed by atoms with E-state index in [9.17, 15) is 9.32 Å². The normalized spacial score (nSPS) is 16.9. The van der Waals surface area contributed by atoms with Gasteiger partial charge in [-0.05, 0) is 37.8 Å². The van der Waals surface area contributed by atoms with Crippen molar-refractivity contribution in [2.45, 2.75) is 52.4 Å². The van der Waals surface area contributed by atoms with Gasteiger partial charge in [0.2, 0.25) is 0 Å². The molecular weight excluding hydrogens is 268 g/mol. The molecule has 0 aliphatic rings. The van der Waals surface area contributed by atoms with Gasteiger partial charge in [0.05, 0.1) is 16.9 Å². The molecule has 0 bridgehead atoms. The van der Waals surface area contributed by atoms with Crippen LogP contribution in [0.4, 0.5) is 0 Å². The van der Waals surface area contributed by atoms with Crippen molar-refractivity contribution in [3.05, 3.63) is 40.8 Å². The summed E-state index contributed by atoms with van der Waals surface area (Å²) in [5, 5.41) is 10.6. The van der Waals surface area contributed by atoms with Crippen LogP contribution in [0.5, 0.6) is 0 Å². The van der Waals surface area contributed by atoms with Crippen molar-refractivity contribution in [2.75, 3.05) is 0 Å². The van der Waals surface area contributed by atoms with Gasteiger partial charge in [0.15, 0.2) is 0 Å². The number of hydrogen-bond donors (Lipinski definition) is 1. The van der Waals surface area contributed by atoms with Crippen LogP contribution in [0, 0.1) is 5.41 Å². The SMILES string of the molecule is CC(C)(C)[C@H](O)/C(=C\c1ccccc1)S(=O)C(C)(C)C. The Labute approximate surface area is 125 Å². The van der Waals surface area contributed by atoms with Crippen LogP contribution in [0.3, 0.4) is 0 Å². The van der Waals surface area contributed by atoms with Crippen LogP contribution in [0.15, 0.2) is 35.2 Å². The molecule has 2 atom stereocenters. The molecule has 0 aromatic heterocycles. The summed E-state index contributed by atoms with van der Waals surface area (Å²) in [6.45, 7) is 11.6. The average molecular weight is 294 g/mol. The Balaban J connectivity index is 3.29. The highest BCUT2D eigenvalue weighted by Gasteiger charge is 2.33. The van der Waals surface area contributed by atoms with Crippen molar-refractivity contribution in [1.29, 1.82) is 0 Å². The van der Waals surface area contributed by atoms with E-state index < -0.39 is 21.7 Å². The third-order valence-electron chi connectivity index (χ3n) is 2.97. The Morgan fingerprint density at radius 3 is 2.00 bits per heavy atom. The largest absolute Gasteiger partial charge is 0.387 e. The molecule has 0 heterocycles. The van der Waals surface area contributed by atoms with E-state index >= 15 is 0 Å². The van der Waals surface area contributed by atoms with E-state index in [1.165, 1.54) is 0 Å². The molecule has 20 heavy (non-hydrogen) atoms. The first-order chi connectivity index (χ1) is 9.03. The fourth-order valence-corrected chi connectivity index (χ4v) is 3.23. The first-order valence-corrected chi connectivity index (χ1v) is 8.05. The van der Waals surface area contributed by atoms with Crippen LogP contribution in [0.25, 0.3) is 6.08 Å². The average Bonchev–Trinajstić information content (AvgIpc) is 2.33. The minimum Gasteiger partial charge on any atom is -0.387 e. The molecule has 0 spiro atoms. The molecule has 3 heteroatoms. The fraction of sp³-hybridized carbons (Fsp3) is 0.529. The van der Waals surface area contributed by atoms with Gasteiger partial charge in [-0.1, -0.05) is 51.1 Å². The van der Waals surface area contributed by atoms with Gasteiger partial charge in [-0.3, -0.25) is 4.21 Å². The smallest absolute Gasteiger partial charge is 0.0921 e. The van der Waals surface area contributed by atoms with Gasteiger partial charge in [-0.25, -0.2) is 0 Å². The Morgan fingerprint density at radius 1 is 1.10 bits per heavy atom. The summed E-state index contributed by atoms with van der Waals surface area (Å²) in [6.07, 6.45) is 1.12. The van der Waals surface area contributed by atoms with Gasteiger partial charge in [-0.2, -0.15) is 0 Å². The van der Waals surface area contributed by atoms with E-state index in [-0.39, 0.29) is 5.41 Å². The standard InChI is InChI=1S/C17H26O2S/c1-16(2,3)15(18)14(20(19)17(4,5)6)12-13-10-8-7-9-11-13/h7-12,15,18H,1-6H3/b14-12+/t15-,20?/m1/s1. The summed E-state index contributed by atoms with van der Waals surface area (Å²) < 4.78 is 12.3. The van der Waals surface area contributed by atoms with E-state index in [1.807, 2.05) is 78.0 Å². The first kappa shape index (κ1) is 17.1. The lowest BCUT2D eigenvalue weighted by molar-refractivity contribution is 0.102. The van der Waals surface area contributed by atoms with Gasteiger partial charge in [0.25, 0.3) is 0 Å². The second-order valence-electron chi connectivity index (χ2n) is 7.11. The molecule has 0 aliphatic carbocycles. The molecule has 0 radical (unpaired) electrons. The summed E-state index contributed by atoms with van der Waals surface area (Å²) in [7, 11) is -1.24. The van der Waals surface area contributed by atoms with Crippen LogP contribution >= 0.6 is 0 Å². The van der Waals surface area contributed by atoms with Crippen molar-refractivity contribution < 1.29 is 9.32 Å². The van der Waals surface area contributed by atoms with E-state index in [0.717, 1.165) is 5.56 Å². The highest BCUT2D eigenvalue weighted by molar-refractivity contribution is 7.90. The van der Waals surface area contributed by atoms with Crippen molar-refractivity contribution >= 4 is 16.9 Å². The number of benzene rings is 1. The van der Waals surface area contributed by atoms with Gasteiger partial charge in [0.1, 0.15) is 0 Å². The zero-order valence-electron chi connectivity index (χ0n) is 13.3. The van der Waals surface area contributed by atoms with Gasteiger partial charge < -0.3 is 5.11 Å². The molecule has 1 aromatic rings. The van der Waals surface area contributed by atoms with Crippen molar-refractivity contribution in [2.24, 2.45) is 5.41 Å². The number of aliphatic hydroxyl groups excluding tert-OH is 1. The van der Waals surface area contributed by atoms with Gasteiger partial charge >= 0.3 is 0 Å². The van der Waals surface area contributed by atoms with E-state index in [4.69, 9.17) is 0 Å². The van der Waals surface area contributed by atoms with Crippen molar-refractivity contribution in [3.63, 3.8) is 0 Å². The Bertz CT molecular complexity index is 490. The number of hydrogen-bond acceptors (Lipinski definition) is 2. The van der Waals surface area contributed by atoms with Crippen molar-refractivity contribution in [1.82, 2.24) is 0 Å². The Morgan fingerprint density at radius 2 is 1.60 bits per heavy atom. The maximum Gasteiger partial charge on any atom is 0.0921 e. The van der Waals surface area contributed by atoms with Crippen LogP contribution in [-0.2, 0) is 10.8 Å². The summed E-state index contributed by atoms with van der Waals surface area (Å²) in [5.74, 6) is 0. The van der Waals surface area contributed by atoms with E-state index in [2.05, 4.69) is 0 Å². The maximum atomic E-state index is 12.7. The summed E-state index contributed by atoms with van der Waals surface area (Å²) in [5.41, 5.74) is 0.616. The molecule has 0 amide bonds. The zero-order chi connectivity index (χ0) is 15.6. The quantitative estimate of drug-likeness (QED) is 0.915. The predicted molar refractivity (Wildman–Crippen MR) is 87.8 cm³/mol. The first-order valence-electron chi connectivity index (χ1n) is 6.90. The van der Waals surface area contributed by atoms with Crippen LogP contribution in [0.2, 0.25) is 0 Å². The maximum absolute atomic E-state index is 12.7. The lowest BCUT2D eigenvalue weighted by Crippen LogP contribution is -2.34. The summed E-state index contributed by atoms with van der Waals surface area (Å²) >= 11 is 0. The van der Waals surface area contributed by atoms with E-state index in [1.54, 1.807) is 0 Å². The molecule has 112 valence electrons. The lowest BCUT2D eigenvalue weighted by Gasteiger charge is -2.31. The number of aliphatic hydroxyl groups is 1. The van der Waals surface area contributed by atoms with Crippen LogP contribution in [0.1, 0.15) is 47.1 Å². The molecule has 2 nitrogen and oxygen atoms in total. The van der Waals surface area contributed by atoms with E-state index in [0.29, 0.717) is 4.91 Å². The molecular formula is C17H26O2S. The molecule has 1 N–H and O–H groups in total.